The van der Waals surface area contributed by atoms with Gasteiger partial charge in [-0.2, -0.15) is 0 Å². The fraction of sp³-hybridized carbons (Fsp3) is 0.0556. The first-order valence-corrected chi connectivity index (χ1v) is 7.83. The third-order valence-corrected chi connectivity index (χ3v) is 3.99. The Morgan fingerprint density at radius 1 is 1.12 bits per heavy atom. The summed E-state index contributed by atoms with van der Waals surface area (Å²) in [4.78, 5) is 37.8. The van der Waals surface area contributed by atoms with Crippen LogP contribution in [0, 0.1) is 0 Å². The van der Waals surface area contributed by atoms with Crippen LogP contribution >= 0.6 is 11.6 Å². The number of nitrogens with zero attached hydrogens (tertiary/aromatic N) is 1. The van der Waals surface area contributed by atoms with Crippen molar-refractivity contribution in [1.82, 2.24) is 5.32 Å². The van der Waals surface area contributed by atoms with Gasteiger partial charge < -0.3 is 9.84 Å². The monoisotopic (exact) mass is 372 g/mol. The van der Waals surface area contributed by atoms with Crippen LogP contribution in [-0.4, -0.2) is 30.1 Å². The number of ether oxygens (including phenoxy) is 1. The van der Waals surface area contributed by atoms with Gasteiger partial charge in [0.15, 0.2) is 11.5 Å². The van der Waals surface area contributed by atoms with E-state index in [1.807, 2.05) is 0 Å². The Kier molecular flexibility index (Phi) is 4.64. The van der Waals surface area contributed by atoms with Crippen LogP contribution in [-0.2, 0) is 9.59 Å². The maximum absolute atomic E-state index is 12.7. The summed E-state index contributed by atoms with van der Waals surface area (Å²) in [6, 6.07) is 9.77. The lowest BCUT2D eigenvalue weighted by atomic mass is 10.1. The number of carbonyl (C=O) groups is 3. The molecule has 4 amide bonds. The van der Waals surface area contributed by atoms with Crippen molar-refractivity contribution in [2.75, 3.05) is 12.0 Å². The largest absolute Gasteiger partial charge is 0.504 e. The number of aromatic hydroxyl groups is 1. The molecule has 0 radical (unpaired) electrons. The lowest BCUT2D eigenvalue weighted by molar-refractivity contribution is -0.122. The molecule has 2 N–H and O–H groups in total. The molecule has 1 saturated heterocycles. The van der Waals surface area contributed by atoms with Crippen molar-refractivity contribution in [1.29, 1.82) is 0 Å². The zero-order valence-electron chi connectivity index (χ0n) is 13.5. The maximum Gasteiger partial charge on any atom is 0.335 e. The predicted molar refractivity (Wildman–Crippen MR) is 95.1 cm³/mol. The third kappa shape index (κ3) is 3.12. The van der Waals surface area contributed by atoms with Crippen molar-refractivity contribution in [3.05, 3.63) is 58.6 Å². The minimum absolute atomic E-state index is 0.189. The predicted octanol–water partition coefficient (Wildman–Crippen LogP) is 2.72. The van der Waals surface area contributed by atoms with E-state index in [1.165, 1.54) is 49.6 Å². The first-order valence-electron chi connectivity index (χ1n) is 7.45. The van der Waals surface area contributed by atoms with Gasteiger partial charge in [-0.15, -0.1) is 0 Å². The smallest absolute Gasteiger partial charge is 0.335 e. The van der Waals surface area contributed by atoms with Crippen LogP contribution in [0.25, 0.3) is 6.08 Å². The average Bonchev–Trinajstić information content (AvgIpc) is 2.61. The number of anilines is 1. The van der Waals surface area contributed by atoms with Crippen LogP contribution in [0.15, 0.2) is 48.0 Å². The molecule has 7 nitrogen and oxygen atoms in total. The highest BCUT2D eigenvalue weighted by atomic mass is 35.5. The molecule has 3 rings (SSSR count). The van der Waals surface area contributed by atoms with Crippen LogP contribution in [0.2, 0.25) is 5.02 Å². The number of phenolic OH excluding ortho intramolecular Hbond substituents is 1. The van der Waals surface area contributed by atoms with Crippen molar-refractivity contribution in [3.63, 3.8) is 0 Å². The van der Waals surface area contributed by atoms with E-state index in [1.54, 1.807) is 6.07 Å². The number of hydrogen-bond acceptors (Lipinski definition) is 5. The normalized spacial score (nSPS) is 16.0. The second-order valence-corrected chi connectivity index (χ2v) is 5.77. The van der Waals surface area contributed by atoms with Crippen molar-refractivity contribution < 1.29 is 24.2 Å². The molecule has 0 bridgehead atoms. The van der Waals surface area contributed by atoms with Gasteiger partial charge in [0.2, 0.25) is 0 Å². The van der Waals surface area contributed by atoms with E-state index in [0.717, 1.165) is 4.90 Å². The molecule has 8 heteroatoms. The highest BCUT2D eigenvalue weighted by Crippen LogP contribution is 2.32. The number of urea groups is 1. The molecule has 1 aliphatic heterocycles. The van der Waals surface area contributed by atoms with Gasteiger partial charge in [0.05, 0.1) is 12.8 Å². The number of hydrogen-bond donors (Lipinski definition) is 2. The van der Waals surface area contributed by atoms with Crippen LogP contribution in [0.3, 0.4) is 0 Å². The molecular formula is C18H13ClN2O5. The Labute approximate surface area is 153 Å². The number of nitrogens with one attached hydrogen (secondary N) is 1. The van der Waals surface area contributed by atoms with Crippen molar-refractivity contribution in [2.45, 2.75) is 0 Å². The van der Waals surface area contributed by atoms with Crippen molar-refractivity contribution >= 4 is 41.2 Å². The number of imide groups is 2. The number of barbiturate groups is 1. The van der Waals surface area contributed by atoms with Gasteiger partial charge in [0.1, 0.15) is 5.57 Å². The number of methoxy groups -OCH3 is 1. The summed E-state index contributed by atoms with van der Waals surface area (Å²) >= 11 is 5.82. The molecule has 1 heterocycles. The summed E-state index contributed by atoms with van der Waals surface area (Å²) in [6.07, 6.45) is 1.20. The van der Waals surface area contributed by atoms with Gasteiger partial charge in [-0.25, -0.2) is 9.69 Å². The Balaban J connectivity index is 2.04. The van der Waals surface area contributed by atoms with E-state index in [4.69, 9.17) is 16.3 Å². The third-order valence-electron chi connectivity index (χ3n) is 3.74. The molecule has 26 heavy (non-hydrogen) atoms. The quantitative estimate of drug-likeness (QED) is 0.638. The number of halogens is 1. The molecule has 0 spiro atoms. The summed E-state index contributed by atoms with van der Waals surface area (Å²) in [7, 11) is 1.38. The fourth-order valence-corrected chi connectivity index (χ4v) is 2.58. The highest BCUT2D eigenvalue weighted by Gasteiger charge is 2.37. The van der Waals surface area contributed by atoms with Crippen molar-refractivity contribution in [3.8, 4) is 11.5 Å². The minimum Gasteiger partial charge on any atom is -0.504 e. The summed E-state index contributed by atoms with van der Waals surface area (Å²) in [5, 5.41) is 12.7. The van der Waals surface area contributed by atoms with Crippen LogP contribution in [0.4, 0.5) is 10.5 Å². The molecule has 0 aliphatic carbocycles. The van der Waals surface area contributed by atoms with Gasteiger partial charge in [-0.1, -0.05) is 23.7 Å². The lowest BCUT2D eigenvalue weighted by Gasteiger charge is -2.26. The van der Waals surface area contributed by atoms with E-state index >= 15 is 0 Å². The van der Waals surface area contributed by atoms with Gasteiger partial charge in [-0.3, -0.25) is 14.9 Å². The molecule has 0 saturated carbocycles. The summed E-state index contributed by atoms with van der Waals surface area (Å²) in [5.74, 6) is -1.71. The van der Waals surface area contributed by atoms with Crippen LogP contribution in [0.5, 0.6) is 11.5 Å². The first kappa shape index (κ1) is 17.5. The van der Waals surface area contributed by atoms with Crippen LogP contribution in [0.1, 0.15) is 5.56 Å². The molecule has 0 aromatic heterocycles. The first-order chi connectivity index (χ1) is 12.4. The molecule has 1 aliphatic rings. The number of phenols is 1. The van der Waals surface area contributed by atoms with E-state index in [-0.39, 0.29) is 28.3 Å². The maximum atomic E-state index is 12.7. The van der Waals surface area contributed by atoms with E-state index < -0.39 is 17.8 Å². The van der Waals surface area contributed by atoms with Gasteiger partial charge in [-0.05, 0) is 36.4 Å². The topological polar surface area (TPSA) is 95.9 Å². The number of amides is 4. The Morgan fingerprint density at radius 2 is 1.81 bits per heavy atom. The van der Waals surface area contributed by atoms with Gasteiger partial charge in [0, 0.05) is 10.6 Å². The Bertz CT molecular complexity index is 937. The Morgan fingerprint density at radius 3 is 2.46 bits per heavy atom. The van der Waals surface area contributed by atoms with Gasteiger partial charge in [0.25, 0.3) is 11.8 Å². The summed E-state index contributed by atoms with van der Waals surface area (Å²) < 4.78 is 5.01. The second-order valence-electron chi connectivity index (χ2n) is 5.33. The van der Waals surface area contributed by atoms with Crippen molar-refractivity contribution in [2.24, 2.45) is 0 Å². The molecule has 132 valence electrons. The summed E-state index contributed by atoms with van der Waals surface area (Å²) in [5.41, 5.74) is 0.154. The highest BCUT2D eigenvalue weighted by molar-refractivity contribution is 6.39. The SMILES string of the molecule is COc1cccc(/C=C2/C(=O)NC(=O)N(c3ccc(Cl)cc3)C2=O)c1O. The number of carbonyl (C=O) groups excluding carboxylic acids is 3. The second kappa shape index (κ2) is 6.89. The Hall–Kier alpha value is -3.32. The zero-order chi connectivity index (χ0) is 18.8. The number of benzene rings is 2. The number of rotatable bonds is 3. The van der Waals surface area contributed by atoms with Gasteiger partial charge >= 0.3 is 6.03 Å². The number of para-hydroxylation sites is 1. The molecule has 2 aromatic carbocycles. The van der Waals surface area contributed by atoms with E-state index in [2.05, 4.69) is 5.32 Å². The standard InChI is InChI=1S/C18H13ClN2O5/c1-26-14-4-2-3-10(15(14)22)9-13-16(23)20-18(25)21(17(13)24)12-7-5-11(19)6-8-12/h2-9,22H,1H3,(H,20,23,25)/b13-9-. The molecule has 0 unspecified atom stereocenters. The molecule has 1 fully saturated rings. The fourth-order valence-electron chi connectivity index (χ4n) is 2.46. The van der Waals surface area contributed by atoms with E-state index in [0.29, 0.717) is 5.02 Å². The van der Waals surface area contributed by atoms with E-state index in [9.17, 15) is 19.5 Å². The molecule has 2 aromatic rings. The average molecular weight is 373 g/mol. The summed E-state index contributed by atoms with van der Waals surface area (Å²) in [6.45, 7) is 0. The molecule has 0 atom stereocenters. The minimum atomic E-state index is -0.866. The lowest BCUT2D eigenvalue weighted by Crippen LogP contribution is -2.54. The molecular weight excluding hydrogens is 360 g/mol. The van der Waals surface area contributed by atoms with Crippen LogP contribution < -0.4 is 15.0 Å². The zero-order valence-corrected chi connectivity index (χ0v) is 14.3.